The number of anilines is 4. The van der Waals surface area contributed by atoms with Crippen LogP contribution in [0.5, 0.6) is 0 Å². The smallest absolute Gasteiger partial charge is 0.137 e. The Kier molecular flexibility index (Phi) is 7.81. The first-order valence-corrected chi connectivity index (χ1v) is 18.3. The molecule has 0 saturated carbocycles. The van der Waals surface area contributed by atoms with Crippen molar-refractivity contribution >= 4 is 55.7 Å². The lowest BCUT2D eigenvalue weighted by molar-refractivity contribution is 0.991. The van der Waals surface area contributed by atoms with E-state index in [-0.39, 0.29) is 0 Å². The molecule has 0 spiro atoms. The number of aromatic nitrogens is 3. The van der Waals surface area contributed by atoms with Crippen molar-refractivity contribution in [2.24, 2.45) is 0 Å². The van der Waals surface area contributed by atoms with Crippen molar-refractivity contribution in [2.75, 3.05) is 16.5 Å². The Bertz CT molecular complexity index is 2750. The number of hydrogen-bond donors (Lipinski definition) is 0. The van der Waals surface area contributed by atoms with Crippen molar-refractivity contribution in [2.45, 2.75) is 0 Å². The van der Waals surface area contributed by atoms with Crippen LogP contribution in [0.4, 0.5) is 22.7 Å². The summed E-state index contributed by atoms with van der Waals surface area (Å²) in [5, 5.41) is 2.38. The normalized spacial score (nSPS) is 13.0. The summed E-state index contributed by atoms with van der Waals surface area (Å²) in [7, 11) is 0. The van der Waals surface area contributed by atoms with Crippen LogP contribution in [0.2, 0.25) is 0 Å². The van der Waals surface area contributed by atoms with Crippen LogP contribution in [0.25, 0.3) is 38.8 Å². The molecule has 0 bridgehead atoms. The van der Waals surface area contributed by atoms with Crippen molar-refractivity contribution in [3.05, 3.63) is 223 Å². The molecule has 0 aliphatic carbocycles. The van der Waals surface area contributed by atoms with E-state index in [9.17, 15) is 0 Å². The van der Waals surface area contributed by atoms with Gasteiger partial charge in [0.1, 0.15) is 12.5 Å². The minimum absolute atomic E-state index is 0.705. The van der Waals surface area contributed by atoms with Crippen LogP contribution in [-0.2, 0) is 0 Å². The maximum atomic E-state index is 4.82. The Hall–Kier alpha value is -7.24. The molecule has 3 aromatic heterocycles. The number of rotatable bonds is 7. The Morgan fingerprint density at radius 1 is 0.426 bits per heavy atom. The number of fused-ring (bicyclic) bond motifs is 4. The zero-order valence-electron chi connectivity index (χ0n) is 29.5. The maximum Gasteiger partial charge on any atom is 0.137 e. The van der Waals surface area contributed by atoms with Gasteiger partial charge in [-0.1, -0.05) is 115 Å². The number of benzene rings is 6. The highest BCUT2D eigenvalue weighted by molar-refractivity contribution is 6.12. The third-order valence-corrected chi connectivity index (χ3v) is 10.4. The van der Waals surface area contributed by atoms with Gasteiger partial charge in [-0.2, -0.15) is 0 Å². The van der Waals surface area contributed by atoms with Gasteiger partial charge in [-0.3, -0.25) is 9.55 Å². The van der Waals surface area contributed by atoms with E-state index in [4.69, 9.17) is 4.98 Å². The predicted octanol–water partition coefficient (Wildman–Crippen LogP) is 11.8. The van der Waals surface area contributed by atoms with Crippen LogP contribution < -0.4 is 9.80 Å². The van der Waals surface area contributed by atoms with Gasteiger partial charge in [0.05, 0.1) is 22.4 Å². The lowest BCUT2D eigenvalue weighted by Crippen LogP contribution is -2.23. The van der Waals surface area contributed by atoms with Gasteiger partial charge in [0, 0.05) is 46.3 Å². The molecule has 9 aromatic rings. The molecule has 0 fully saturated rings. The third kappa shape index (κ3) is 5.42. The van der Waals surface area contributed by atoms with Crippen molar-refractivity contribution in [1.29, 1.82) is 0 Å². The van der Waals surface area contributed by atoms with E-state index in [0.717, 1.165) is 55.9 Å². The van der Waals surface area contributed by atoms with Gasteiger partial charge in [0.15, 0.2) is 0 Å². The van der Waals surface area contributed by atoms with Gasteiger partial charge in [-0.05, 0) is 94.6 Å². The number of para-hydroxylation sites is 4. The number of hydrogen-bond acceptors (Lipinski definition) is 4. The van der Waals surface area contributed by atoms with Crippen LogP contribution in [0.1, 0.15) is 22.3 Å². The summed E-state index contributed by atoms with van der Waals surface area (Å²) in [6, 6.07) is 64.8. The van der Waals surface area contributed by atoms with E-state index < -0.39 is 0 Å². The fourth-order valence-corrected chi connectivity index (χ4v) is 7.98. The van der Waals surface area contributed by atoms with E-state index >= 15 is 0 Å². The summed E-state index contributed by atoms with van der Waals surface area (Å²) < 4.78 is 2.29. The Labute approximate surface area is 314 Å². The highest BCUT2D eigenvalue weighted by atomic mass is 15.4. The van der Waals surface area contributed by atoms with Crippen molar-refractivity contribution in [3.63, 3.8) is 0 Å². The molecule has 256 valence electrons. The van der Waals surface area contributed by atoms with E-state index in [1.165, 1.54) is 27.8 Å². The summed E-state index contributed by atoms with van der Waals surface area (Å²) >= 11 is 0. The summed E-state index contributed by atoms with van der Waals surface area (Å²) in [5.41, 5.74) is 13.5. The van der Waals surface area contributed by atoms with Crippen LogP contribution in [0.3, 0.4) is 0 Å². The second-order valence-corrected chi connectivity index (χ2v) is 13.5. The molecular formula is C49H35N5. The lowest BCUT2D eigenvalue weighted by atomic mass is 9.86. The van der Waals surface area contributed by atoms with Gasteiger partial charge in [-0.25, -0.2) is 4.98 Å². The SMILES string of the molecule is c1ccc(/C(=C(\c2cccc(N3CN(c4ccccc4)c4ccccc43)c2)c2ccc3c4ccccc4n(-c4ccccn4)c3c2)c2cccnc2)cc1. The summed E-state index contributed by atoms with van der Waals surface area (Å²) in [4.78, 5) is 14.2. The van der Waals surface area contributed by atoms with E-state index in [1.54, 1.807) is 0 Å². The topological polar surface area (TPSA) is 37.2 Å². The fraction of sp³-hybridized carbons (Fsp3) is 0.0204. The summed E-state index contributed by atoms with van der Waals surface area (Å²) in [5.74, 6) is 0.889. The van der Waals surface area contributed by atoms with Gasteiger partial charge < -0.3 is 9.80 Å². The maximum absolute atomic E-state index is 4.82. The van der Waals surface area contributed by atoms with Gasteiger partial charge in [-0.15, -0.1) is 0 Å². The zero-order chi connectivity index (χ0) is 35.8. The monoisotopic (exact) mass is 693 g/mol. The quantitative estimate of drug-likeness (QED) is 0.156. The second kappa shape index (κ2) is 13.4. The van der Waals surface area contributed by atoms with Crippen LogP contribution >= 0.6 is 0 Å². The van der Waals surface area contributed by atoms with Crippen molar-refractivity contribution < 1.29 is 0 Å². The molecule has 0 N–H and O–H groups in total. The average molecular weight is 694 g/mol. The molecular weight excluding hydrogens is 659 g/mol. The molecule has 0 unspecified atom stereocenters. The van der Waals surface area contributed by atoms with Gasteiger partial charge >= 0.3 is 0 Å². The van der Waals surface area contributed by atoms with Crippen LogP contribution in [0, 0.1) is 0 Å². The van der Waals surface area contributed by atoms with Crippen LogP contribution in [-0.4, -0.2) is 21.2 Å². The van der Waals surface area contributed by atoms with E-state index in [2.05, 4.69) is 189 Å². The van der Waals surface area contributed by atoms with Gasteiger partial charge in [0.2, 0.25) is 0 Å². The van der Waals surface area contributed by atoms with Crippen molar-refractivity contribution in [3.8, 4) is 5.82 Å². The van der Waals surface area contributed by atoms with Gasteiger partial charge in [0.25, 0.3) is 0 Å². The molecule has 10 rings (SSSR count). The first kappa shape index (κ1) is 31.5. The number of pyridine rings is 2. The van der Waals surface area contributed by atoms with E-state index in [1.807, 2.05) is 30.7 Å². The summed E-state index contributed by atoms with van der Waals surface area (Å²) in [6.07, 6.45) is 5.68. The standard InChI is InChI=1S/C49H35N5/c1-3-15-35(16-4-1)48(38-18-14-29-50-33-38)49(37-27-28-42-41-22-7-8-23-43(41)54(46(42)32-37)47-26-11-12-30-51-47)36-17-13-21-40(31-36)53-34-52(39-19-5-2-6-20-39)44-24-9-10-25-45(44)53/h1-33H,34H2/b49-48-. The van der Waals surface area contributed by atoms with Crippen LogP contribution in [0.15, 0.2) is 201 Å². The molecule has 0 saturated heterocycles. The fourth-order valence-electron chi connectivity index (χ4n) is 7.98. The Balaban J connectivity index is 1.22. The molecule has 6 aromatic carbocycles. The Morgan fingerprint density at radius 2 is 1.06 bits per heavy atom. The third-order valence-electron chi connectivity index (χ3n) is 10.4. The number of nitrogens with zero attached hydrogens (tertiary/aromatic N) is 5. The summed E-state index contributed by atoms with van der Waals surface area (Å²) in [6.45, 7) is 0.705. The molecule has 5 heteroatoms. The molecule has 0 amide bonds. The minimum Gasteiger partial charge on any atom is -0.321 e. The Morgan fingerprint density at radius 3 is 1.83 bits per heavy atom. The molecule has 54 heavy (non-hydrogen) atoms. The first-order valence-electron chi connectivity index (χ1n) is 18.3. The molecule has 4 heterocycles. The average Bonchev–Trinajstić information content (AvgIpc) is 3.80. The largest absolute Gasteiger partial charge is 0.321 e. The molecule has 0 atom stereocenters. The first-order chi connectivity index (χ1) is 26.8. The molecule has 5 nitrogen and oxygen atoms in total. The van der Waals surface area contributed by atoms with E-state index in [0.29, 0.717) is 6.67 Å². The van der Waals surface area contributed by atoms with Crippen molar-refractivity contribution in [1.82, 2.24) is 14.5 Å². The predicted molar refractivity (Wildman–Crippen MR) is 223 cm³/mol. The molecule has 1 aliphatic rings. The minimum atomic E-state index is 0.705. The molecule has 0 radical (unpaired) electrons. The highest BCUT2D eigenvalue weighted by Gasteiger charge is 2.28. The lowest BCUT2D eigenvalue weighted by Gasteiger charge is -2.24. The highest BCUT2D eigenvalue weighted by Crippen LogP contribution is 2.46. The second-order valence-electron chi connectivity index (χ2n) is 13.5. The molecule has 1 aliphatic heterocycles. The zero-order valence-corrected chi connectivity index (χ0v) is 29.5.